The first-order chi connectivity index (χ1) is 17.3. The van der Waals surface area contributed by atoms with E-state index in [-0.39, 0.29) is 0 Å². The van der Waals surface area contributed by atoms with Crippen molar-refractivity contribution in [2.24, 2.45) is 0 Å². The van der Waals surface area contributed by atoms with Crippen LogP contribution in [-0.2, 0) is 17.7 Å². The predicted octanol–water partition coefficient (Wildman–Crippen LogP) is 4.36. The molecule has 3 aliphatic heterocycles. The van der Waals surface area contributed by atoms with E-state index in [1.807, 2.05) is 12.4 Å². The topological polar surface area (TPSA) is 57.6 Å². The summed E-state index contributed by atoms with van der Waals surface area (Å²) >= 11 is 0. The van der Waals surface area contributed by atoms with Crippen molar-refractivity contribution in [3.8, 4) is 11.3 Å². The van der Waals surface area contributed by atoms with E-state index in [4.69, 9.17) is 14.7 Å². The van der Waals surface area contributed by atoms with Gasteiger partial charge < -0.3 is 14.5 Å². The number of ether oxygens (including phenoxy) is 1. The first-order valence-corrected chi connectivity index (χ1v) is 13.0. The lowest BCUT2D eigenvalue weighted by atomic mass is 9.99. The number of hydrogen-bond acceptors (Lipinski definition) is 7. The molecule has 7 nitrogen and oxygen atoms in total. The lowest BCUT2D eigenvalue weighted by Crippen LogP contribution is -2.37. The molecule has 7 heteroatoms. The van der Waals surface area contributed by atoms with Crippen LogP contribution in [0.5, 0.6) is 0 Å². The average molecular weight is 471 g/mol. The van der Waals surface area contributed by atoms with E-state index in [1.165, 1.54) is 54.6 Å². The molecule has 0 bridgehead atoms. The summed E-state index contributed by atoms with van der Waals surface area (Å²) in [6, 6.07) is 11.0. The first kappa shape index (κ1) is 22.4. The number of anilines is 3. The van der Waals surface area contributed by atoms with Gasteiger partial charge >= 0.3 is 0 Å². The van der Waals surface area contributed by atoms with Crippen molar-refractivity contribution < 1.29 is 4.74 Å². The Morgan fingerprint density at radius 3 is 2.46 bits per heavy atom. The van der Waals surface area contributed by atoms with Crippen LogP contribution in [0.15, 0.2) is 42.7 Å². The molecule has 0 amide bonds. The van der Waals surface area contributed by atoms with Crippen LogP contribution in [0, 0.1) is 6.92 Å². The molecule has 2 fully saturated rings. The minimum absolute atomic E-state index is 0.716. The molecule has 0 N–H and O–H groups in total. The third kappa shape index (κ3) is 4.62. The van der Waals surface area contributed by atoms with Gasteiger partial charge in [-0.25, -0.2) is 4.98 Å². The molecule has 1 aromatic carbocycles. The summed E-state index contributed by atoms with van der Waals surface area (Å²) in [6.45, 7) is 9.70. The van der Waals surface area contributed by atoms with Gasteiger partial charge in [-0.05, 0) is 68.6 Å². The van der Waals surface area contributed by atoms with Crippen LogP contribution in [0.2, 0.25) is 0 Å². The lowest BCUT2D eigenvalue weighted by Gasteiger charge is -2.28. The smallest absolute Gasteiger partial charge is 0.228 e. The molecule has 35 heavy (non-hydrogen) atoms. The first-order valence-electron chi connectivity index (χ1n) is 13.0. The quantitative estimate of drug-likeness (QED) is 0.549. The second-order valence-electron chi connectivity index (χ2n) is 9.86. The Hall–Kier alpha value is -3.03. The maximum Gasteiger partial charge on any atom is 0.228 e. The van der Waals surface area contributed by atoms with Crippen molar-refractivity contribution in [3.05, 3.63) is 59.4 Å². The number of aromatic nitrogens is 3. The molecular weight excluding hydrogens is 436 g/mol. The summed E-state index contributed by atoms with van der Waals surface area (Å²) in [4.78, 5) is 21.6. The van der Waals surface area contributed by atoms with E-state index in [0.29, 0.717) is 13.2 Å². The monoisotopic (exact) mass is 470 g/mol. The average Bonchev–Trinajstić information content (AvgIpc) is 3.35. The van der Waals surface area contributed by atoms with Crippen LogP contribution in [0.3, 0.4) is 0 Å². The molecule has 0 radical (unpaired) electrons. The molecule has 5 heterocycles. The van der Waals surface area contributed by atoms with Gasteiger partial charge in [0.1, 0.15) is 5.82 Å². The van der Waals surface area contributed by atoms with E-state index in [9.17, 15) is 0 Å². The van der Waals surface area contributed by atoms with Gasteiger partial charge in [0.15, 0.2) is 0 Å². The molecule has 0 aliphatic carbocycles. The van der Waals surface area contributed by atoms with Crippen molar-refractivity contribution in [2.75, 3.05) is 55.7 Å². The third-order valence-corrected chi connectivity index (χ3v) is 7.54. The Morgan fingerprint density at radius 2 is 1.69 bits per heavy atom. The minimum atomic E-state index is 0.716. The van der Waals surface area contributed by atoms with Crippen molar-refractivity contribution in [1.82, 2.24) is 19.9 Å². The number of aryl methyl sites for hydroxylation is 1. The van der Waals surface area contributed by atoms with Crippen molar-refractivity contribution in [3.63, 3.8) is 0 Å². The van der Waals surface area contributed by atoms with Crippen LogP contribution >= 0.6 is 0 Å². The van der Waals surface area contributed by atoms with Gasteiger partial charge in [-0.2, -0.15) is 4.98 Å². The normalized spacial score (nSPS) is 18.7. The van der Waals surface area contributed by atoms with E-state index < -0.39 is 0 Å². The zero-order valence-electron chi connectivity index (χ0n) is 20.6. The highest BCUT2D eigenvalue weighted by Gasteiger charge is 2.29. The summed E-state index contributed by atoms with van der Waals surface area (Å²) in [5.74, 6) is 1.83. The highest BCUT2D eigenvalue weighted by atomic mass is 16.5. The van der Waals surface area contributed by atoms with Gasteiger partial charge in [0, 0.05) is 55.4 Å². The Kier molecular flexibility index (Phi) is 6.35. The number of rotatable bonds is 5. The van der Waals surface area contributed by atoms with Gasteiger partial charge in [-0.3, -0.25) is 9.88 Å². The molecule has 182 valence electrons. The fourth-order valence-electron chi connectivity index (χ4n) is 5.54. The fourth-order valence-corrected chi connectivity index (χ4v) is 5.54. The number of nitrogens with zero attached hydrogens (tertiary/aromatic N) is 6. The molecule has 0 spiro atoms. The molecule has 0 unspecified atom stereocenters. The Bertz CT molecular complexity index is 1170. The SMILES string of the molecule is Cc1cc(-c2nc(N3CCOCC3)nc3c2CCN3c2ccncc2)ccc1CN1CCCCC1. The number of hydrogen-bond donors (Lipinski definition) is 0. The van der Waals surface area contributed by atoms with Crippen LogP contribution in [0.1, 0.15) is 36.0 Å². The number of piperidine rings is 1. The van der Waals surface area contributed by atoms with E-state index in [2.05, 4.69) is 56.9 Å². The minimum Gasteiger partial charge on any atom is -0.378 e. The summed E-state index contributed by atoms with van der Waals surface area (Å²) in [7, 11) is 0. The number of fused-ring (bicyclic) bond motifs is 1. The molecule has 2 saturated heterocycles. The van der Waals surface area contributed by atoms with Gasteiger partial charge in [0.2, 0.25) is 5.95 Å². The van der Waals surface area contributed by atoms with Crippen molar-refractivity contribution >= 4 is 17.5 Å². The molecule has 0 atom stereocenters. The Morgan fingerprint density at radius 1 is 0.886 bits per heavy atom. The molecule has 6 rings (SSSR count). The standard InChI is InChI=1S/C28H34N6O/c1-21-19-22(5-6-23(21)20-32-12-3-2-4-13-32)26-25-9-14-34(24-7-10-29-11-8-24)27(25)31-28(30-26)33-15-17-35-18-16-33/h5-8,10-11,19H,2-4,9,12-18,20H2,1H3. The zero-order chi connectivity index (χ0) is 23.6. The Balaban J connectivity index is 1.38. The van der Waals surface area contributed by atoms with Gasteiger partial charge in [-0.1, -0.05) is 18.6 Å². The Labute approximate surface area is 207 Å². The zero-order valence-corrected chi connectivity index (χ0v) is 20.6. The third-order valence-electron chi connectivity index (χ3n) is 7.54. The molecule has 0 saturated carbocycles. The summed E-state index contributed by atoms with van der Waals surface area (Å²) < 4.78 is 5.59. The van der Waals surface area contributed by atoms with Gasteiger partial charge in [-0.15, -0.1) is 0 Å². The number of benzene rings is 1. The highest BCUT2D eigenvalue weighted by Crippen LogP contribution is 2.39. The van der Waals surface area contributed by atoms with Crippen LogP contribution in [-0.4, -0.2) is 65.8 Å². The van der Waals surface area contributed by atoms with Crippen molar-refractivity contribution in [1.29, 1.82) is 0 Å². The number of morpholine rings is 1. The fraction of sp³-hybridized carbons (Fsp3) is 0.464. The summed E-state index contributed by atoms with van der Waals surface area (Å²) in [5, 5.41) is 0. The largest absolute Gasteiger partial charge is 0.378 e. The maximum absolute atomic E-state index is 5.59. The van der Waals surface area contributed by atoms with Gasteiger partial charge in [0.05, 0.1) is 18.9 Å². The number of likely N-dealkylation sites (tertiary alicyclic amines) is 1. The van der Waals surface area contributed by atoms with E-state index >= 15 is 0 Å². The van der Waals surface area contributed by atoms with Gasteiger partial charge in [0.25, 0.3) is 0 Å². The van der Waals surface area contributed by atoms with Crippen molar-refractivity contribution in [2.45, 2.75) is 39.2 Å². The molecule has 2 aromatic heterocycles. The lowest BCUT2D eigenvalue weighted by molar-refractivity contribution is 0.122. The van der Waals surface area contributed by atoms with E-state index in [1.54, 1.807) is 0 Å². The molecule has 3 aliphatic rings. The molecule has 3 aromatic rings. The molecular formula is C28H34N6O. The predicted molar refractivity (Wildman–Crippen MR) is 139 cm³/mol. The van der Waals surface area contributed by atoms with Crippen LogP contribution < -0.4 is 9.80 Å². The maximum atomic E-state index is 5.59. The van der Waals surface area contributed by atoms with Crippen LogP contribution in [0.25, 0.3) is 11.3 Å². The number of pyridine rings is 1. The van der Waals surface area contributed by atoms with Crippen LogP contribution in [0.4, 0.5) is 17.5 Å². The van der Waals surface area contributed by atoms with E-state index in [0.717, 1.165) is 55.7 Å². The summed E-state index contributed by atoms with van der Waals surface area (Å²) in [6.07, 6.45) is 8.65. The second-order valence-corrected chi connectivity index (χ2v) is 9.86. The second kappa shape index (κ2) is 9.91. The highest BCUT2D eigenvalue weighted by molar-refractivity contribution is 5.77. The summed E-state index contributed by atoms with van der Waals surface area (Å²) in [5.41, 5.74) is 7.40.